The molecule has 0 atom stereocenters. The Labute approximate surface area is 149 Å². The number of hydrogen-bond acceptors (Lipinski definition) is 4. The number of nitrogens with one attached hydrogen (secondary N) is 1. The minimum Gasteiger partial charge on any atom is -0.424 e. The molecular formula is C19H19BrN2O2. The summed E-state index contributed by atoms with van der Waals surface area (Å²) in [7, 11) is 0. The molecule has 124 valence electrons. The number of aromatic nitrogens is 1. The van der Waals surface area contributed by atoms with Crippen LogP contribution in [0.15, 0.2) is 57.4 Å². The molecule has 1 aromatic heterocycles. The Morgan fingerprint density at radius 3 is 2.71 bits per heavy atom. The molecule has 1 aliphatic rings. The van der Waals surface area contributed by atoms with Gasteiger partial charge in [-0.2, -0.15) is 4.98 Å². The van der Waals surface area contributed by atoms with Gasteiger partial charge in [-0.15, -0.1) is 0 Å². The molecule has 0 unspecified atom stereocenters. The van der Waals surface area contributed by atoms with E-state index in [4.69, 9.17) is 9.15 Å². The monoisotopic (exact) mass is 386 g/mol. The smallest absolute Gasteiger partial charge is 0.295 e. The molecule has 4 rings (SSSR count). The zero-order valence-corrected chi connectivity index (χ0v) is 14.9. The average Bonchev–Trinajstić information content (AvgIpc) is 3.04. The van der Waals surface area contributed by atoms with Gasteiger partial charge in [0, 0.05) is 29.6 Å². The van der Waals surface area contributed by atoms with Crippen molar-refractivity contribution in [2.75, 3.05) is 25.1 Å². The van der Waals surface area contributed by atoms with E-state index in [1.807, 2.05) is 24.3 Å². The maximum Gasteiger partial charge on any atom is 0.295 e. The minimum atomic E-state index is 0.0304. The summed E-state index contributed by atoms with van der Waals surface area (Å²) >= 11 is 3.59. The van der Waals surface area contributed by atoms with Gasteiger partial charge in [0.25, 0.3) is 6.01 Å². The first-order valence-electron chi connectivity index (χ1n) is 8.18. The maximum atomic E-state index is 5.80. The lowest BCUT2D eigenvalue weighted by Gasteiger charge is -2.37. The summed E-state index contributed by atoms with van der Waals surface area (Å²) in [6.45, 7) is 2.34. The van der Waals surface area contributed by atoms with E-state index in [0.717, 1.165) is 48.2 Å². The van der Waals surface area contributed by atoms with Gasteiger partial charge in [0.05, 0.1) is 0 Å². The number of hydrogen-bond donors (Lipinski definition) is 1. The Hall–Kier alpha value is -1.85. The highest BCUT2D eigenvalue weighted by Gasteiger charge is 2.34. The van der Waals surface area contributed by atoms with E-state index in [9.17, 15) is 0 Å². The number of nitrogens with zero attached hydrogens (tertiary/aromatic N) is 1. The summed E-state index contributed by atoms with van der Waals surface area (Å²) in [5, 5.41) is 3.41. The summed E-state index contributed by atoms with van der Waals surface area (Å²) < 4.78 is 12.5. The van der Waals surface area contributed by atoms with Crippen molar-refractivity contribution in [1.29, 1.82) is 0 Å². The minimum absolute atomic E-state index is 0.0304. The van der Waals surface area contributed by atoms with Crippen LogP contribution in [0.1, 0.15) is 18.4 Å². The van der Waals surface area contributed by atoms with E-state index in [1.54, 1.807) is 0 Å². The first-order valence-corrected chi connectivity index (χ1v) is 8.98. The SMILES string of the molecule is Brc1cccc(C2(CNc3nc4ccccc4o3)CCOCC2)c1. The molecule has 4 nitrogen and oxygen atoms in total. The summed E-state index contributed by atoms with van der Waals surface area (Å²) in [6.07, 6.45) is 1.97. The van der Waals surface area contributed by atoms with Gasteiger partial charge in [-0.3, -0.25) is 0 Å². The third-order valence-electron chi connectivity index (χ3n) is 4.76. The predicted octanol–water partition coefficient (Wildman–Crippen LogP) is 4.75. The highest BCUT2D eigenvalue weighted by Crippen LogP contribution is 2.36. The Morgan fingerprint density at radius 2 is 1.92 bits per heavy atom. The fraction of sp³-hybridized carbons (Fsp3) is 0.316. The second-order valence-electron chi connectivity index (χ2n) is 6.24. The quantitative estimate of drug-likeness (QED) is 0.702. The third-order valence-corrected chi connectivity index (χ3v) is 5.25. The molecule has 0 saturated carbocycles. The van der Waals surface area contributed by atoms with Crippen molar-refractivity contribution in [2.45, 2.75) is 18.3 Å². The molecule has 0 aliphatic carbocycles. The van der Waals surface area contributed by atoms with Crippen molar-refractivity contribution in [3.05, 3.63) is 58.6 Å². The van der Waals surface area contributed by atoms with Gasteiger partial charge in [0.15, 0.2) is 5.58 Å². The molecule has 24 heavy (non-hydrogen) atoms. The van der Waals surface area contributed by atoms with Crippen LogP contribution in [0.4, 0.5) is 6.01 Å². The van der Waals surface area contributed by atoms with Crippen LogP contribution in [0.5, 0.6) is 0 Å². The molecular weight excluding hydrogens is 368 g/mol. The molecule has 0 spiro atoms. The molecule has 0 radical (unpaired) electrons. The third kappa shape index (κ3) is 3.06. The molecule has 0 amide bonds. The Bertz CT molecular complexity index is 807. The largest absolute Gasteiger partial charge is 0.424 e. The second-order valence-corrected chi connectivity index (χ2v) is 7.16. The fourth-order valence-corrected chi connectivity index (χ4v) is 3.74. The van der Waals surface area contributed by atoms with E-state index >= 15 is 0 Å². The maximum absolute atomic E-state index is 5.80. The van der Waals surface area contributed by atoms with Gasteiger partial charge in [-0.25, -0.2) is 0 Å². The zero-order valence-electron chi connectivity index (χ0n) is 13.3. The summed E-state index contributed by atoms with van der Waals surface area (Å²) in [5.41, 5.74) is 3.04. The number of para-hydroxylation sites is 2. The van der Waals surface area contributed by atoms with Gasteiger partial charge >= 0.3 is 0 Å². The molecule has 2 aromatic carbocycles. The van der Waals surface area contributed by atoms with E-state index in [-0.39, 0.29) is 5.41 Å². The van der Waals surface area contributed by atoms with Crippen molar-refractivity contribution in [1.82, 2.24) is 4.98 Å². The lowest BCUT2D eigenvalue weighted by atomic mass is 9.74. The molecule has 5 heteroatoms. The molecule has 3 aromatic rings. The Kier molecular flexibility index (Phi) is 4.29. The van der Waals surface area contributed by atoms with Crippen LogP contribution in [0.2, 0.25) is 0 Å². The summed E-state index contributed by atoms with van der Waals surface area (Å²) in [4.78, 5) is 4.52. The summed E-state index contributed by atoms with van der Waals surface area (Å²) in [5.74, 6) is 0. The predicted molar refractivity (Wildman–Crippen MR) is 98.4 cm³/mol. The van der Waals surface area contributed by atoms with Crippen molar-refractivity contribution < 1.29 is 9.15 Å². The van der Waals surface area contributed by atoms with Gasteiger partial charge in [0.2, 0.25) is 0 Å². The van der Waals surface area contributed by atoms with Crippen molar-refractivity contribution in [3.63, 3.8) is 0 Å². The molecule has 0 bridgehead atoms. The lowest BCUT2D eigenvalue weighted by molar-refractivity contribution is 0.0542. The van der Waals surface area contributed by atoms with Gasteiger partial charge in [-0.1, -0.05) is 40.2 Å². The van der Waals surface area contributed by atoms with E-state index in [0.29, 0.717) is 6.01 Å². The van der Waals surface area contributed by atoms with Crippen molar-refractivity contribution >= 4 is 33.0 Å². The number of fused-ring (bicyclic) bond motifs is 1. The van der Waals surface area contributed by atoms with Crippen molar-refractivity contribution in [2.24, 2.45) is 0 Å². The van der Waals surface area contributed by atoms with Crippen LogP contribution in [0.3, 0.4) is 0 Å². The highest BCUT2D eigenvalue weighted by atomic mass is 79.9. The average molecular weight is 387 g/mol. The van der Waals surface area contributed by atoms with Crippen LogP contribution >= 0.6 is 15.9 Å². The molecule has 1 fully saturated rings. The lowest BCUT2D eigenvalue weighted by Crippen LogP contribution is -2.40. The van der Waals surface area contributed by atoms with Crippen LogP contribution in [-0.4, -0.2) is 24.7 Å². The number of oxazole rings is 1. The number of ether oxygens (including phenoxy) is 1. The van der Waals surface area contributed by atoms with Crippen LogP contribution in [-0.2, 0) is 10.2 Å². The number of rotatable bonds is 4. The topological polar surface area (TPSA) is 47.3 Å². The molecule has 1 N–H and O–H groups in total. The standard InChI is InChI=1S/C19H19BrN2O2/c20-15-5-3-4-14(12-15)19(8-10-23-11-9-19)13-21-18-22-16-6-1-2-7-17(16)24-18/h1-7,12H,8-11,13H2,(H,21,22). The first-order chi connectivity index (χ1) is 11.8. The van der Waals surface area contributed by atoms with E-state index < -0.39 is 0 Å². The van der Waals surface area contributed by atoms with E-state index in [2.05, 4.69) is 50.5 Å². The first kappa shape index (κ1) is 15.7. The molecule has 1 aliphatic heterocycles. The van der Waals surface area contributed by atoms with Crippen LogP contribution < -0.4 is 5.32 Å². The highest BCUT2D eigenvalue weighted by molar-refractivity contribution is 9.10. The molecule has 2 heterocycles. The fourth-order valence-electron chi connectivity index (χ4n) is 3.34. The van der Waals surface area contributed by atoms with Gasteiger partial charge < -0.3 is 14.5 Å². The Balaban J connectivity index is 1.60. The Morgan fingerprint density at radius 1 is 1.08 bits per heavy atom. The second kappa shape index (κ2) is 6.57. The van der Waals surface area contributed by atoms with E-state index in [1.165, 1.54) is 5.56 Å². The van der Waals surface area contributed by atoms with Crippen LogP contribution in [0, 0.1) is 0 Å². The number of halogens is 1. The number of benzene rings is 2. The van der Waals surface area contributed by atoms with Crippen LogP contribution in [0.25, 0.3) is 11.1 Å². The van der Waals surface area contributed by atoms with Gasteiger partial charge in [-0.05, 0) is 42.7 Å². The number of anilines is 1. The van der Waals surface area contributed by atoms with Gasteiger partial charge in [0.1, 0.15) is 5.52 Å². The van der Waals surface area contributed by atoms with Crippen molar-refractivity contribution in [3.8, 4) is 0 Å². The molecule has 1 saturated heterocycles. The zero-order chi connectivity index (χ0) is 16.4. The summed E-state index contributed by atoms with van der Waals surface area (Å²) in [6, 6.07) is 17.0. The normalized spacial score (nSPS) is 17.0.